The molecule has 1 unspecified atom stereocenters. The summed E-state index contributed by atoms with van der Waals surface area (Å²) in [5.41, 5.74) is 3.96. The van der Waals surface area contributed by atoms with Gasteiger partial charge in [0.1, 0.15) is 0 Å². The normalized spacial score (nSPS) is 12.2. The Kier molecular flexibility index (Phi) is 4.25. The van der Waals surface area contributed by atoms with Crippen LogP contribution in [0, 0.1) is 0 Å². The van der Waals surface area contributed by atoms with E-state index in [2.05, 4.69) is 39.6 Å². The van der Waals surface area contributed by atoms with Crippen molar-refractivity contribution in [2.75, 3.05) is 5.32 Å². The van der Waals surface area contributed by atoms with Crippen LogP contribution in [-0.4, -0.2) is 15.2 Å². The van der Waals surface area contributed by atoms with Gasteiger partial charge in [-0.25, -0.2) is 4.98 Å². The van der Waals surface area contributed by atoms with Crippen LogP contribution in [-0.2, 0) is 6.54 Å². The number of nitrogens with zero attached hydrogens (tertiary/aromatic N) is 3. The van der Waals surface area contributed by atoms with Crippen molar-refractivity contribution in [1.29, 1.82) is 0 Å². The molecule has 1 N–H and O–H groups in total. The molecule has 108 valence electrons. The fraction of sp³-hybridized carbons (Fsp3) is 0.267. The summed E-state index contributed by atoms with van der Waals surface area (Å²) >= 11 is 1.57. The van der Waals surface area contributed by atoms with Gasteiger partial charge in [-0.15, -0.1) is 16.4 Å². The highest BCUT2D eigenvalue weighted by molar-refractivity contribution is 7.07. The average Bonchev–Trinajstić information content (AvgIpc) is 3.19. The number of rotatable bonds is 6. The highest BCUT2D eigenvalue weighted by Crippen LogP contribution is 2.27. The zero-order valence-electron chi connectivity index (χ0n) is 11.7. The number of anilines is 1. The fourth-order valence-electron chi connectivity index (χ4n) is 2.18. The minimum atomic E-state index is 0.133. The number of nitrogens with one attached hydrogen (secondary N) is 1. The SMILES string of the molecule is CCC(c1ccccc1)c1nnc(NCc2cscn2)o1. The van der Waals surface area contributed by atoms with Crippen LogP contribution < -0.4 is 5.32 Å². The Hall–Kier alpha value is -2.21. The molecule has 0 saturated heterocycles. The van der Waals surface area contributed by atoms with Gasteiger partial charge in [0.25, 0.3) is 0 Å². The van der Waals surface area contributed by atoms with Crippen LogP contribution in [0.4, 0.5) is 6.01 Å². The number of hydrogen-bond acceptors (Lipinski definition) is 6. The third kappa shape index (κ3) is 3.28. The van der Waals surface area contributed by atoms with Crippen LogP contribution in [0.3, 0.4) is 0 Å². The molecular formula is C15H16N4OS. The van der Waals surface area contributed by atoms with Crippen molar-refractivity contribution in [3.63, 3.8) is 0 Å². The summed E-state index contributed by atoms with van der Waals surface area (Å²) in [6.45, 7) is 2.71. The standard InChI is InChI=1S/C15H16N4OS/c1-2-13(11-6-4-3-5-7-11)14-18-19-15(20-14)16-8-12-9-21-10-17-12/h3-7,9-10,13H,2,8H2,1H3,(H,16,19). The third-order valence-electron chi connectivity index (χ3n) is 3.25. The van der Waals surface area contributed by atoms with E-state index in [1.165, 1.54) is 5.56 Å². The first-order valence-electron chi connectivity index (χ1n) is 6.86. The lowest BCUT2D eigenvalue weighted by Crippen LogP contribution is -2.00. The summed E-state index contributed by atoms with van der Waals surface area (Å²) < 4.78 is 5.73. The van der Waals surface area contributed by atoms with E-state index in [4.69, 9.17) is 4.42 Å². The van der Waals surface area contributed by atoms with Crippen molar-refractivity contribution in [3.05, 3.63) is 58.4 Å². The smallest absolute Gasteiger partial charge is 0.315 e. The van der Waals surface area contributed by atoms with Gasteiger partial charge in [-0.2, -0.15) is 0 Å². The van der Waals surface area contributed by atoms with Crippen LogP contribution in [0.1, 0.15) is 36.4 Å². The highest BCUT2D eigenvalue weighted by atomic mass is 32.1. The predicted octanol–water partition coefficient (Wildman–Crippen LogP) is 3.68. The first kappa shape index (κ1) is 13.8. The summed E-state index contributed by atoms with van der Waals surface area (Å²) in [4.78, 5) is 4.20. The van der Waals surface area contributed by atoms with Gasteiger partial charge in [0, 0.05) is 5.38 Å². The third-order valence-corrected chi connectivity index (χ3v) is 3.89. The van der Waals surface area contributed by atoms with E-state index in [0.29, 0.717) is 18.5 Å². The molecule has 2 heterocycles. The first-order valence-corrected chi connectivity index (χ1v) is 7.80. The average molecular weight is 300 g/mol. The second-order valence-electron chi connectivity index (χ2n) is 4.65. The number of aromatic nitrogens is 3. The lowest BCUT2D eigenvalue weighted by Gasteiger charge is -2.10. The molecule has 3 aromatic rings. The molecule has 0 spiro atoms. The summed E-state index contributed by atoms with van der Waals surface area (Å²) in [6, 6.07) is 10.7. The topological polar surface area (TPSA) is 63.8 Å². The van der Waals surface area contributed by atoms with Gasteiger partial charge in [0.05, 0.1) is 23.7 Å². The Balaban J connectivity index is 1.71. The molecule has 3 rings (SSSR count). The summed E-state index contributed by atoms with van der Waals surface area (Å²) in [6.07, 6.45) is 0.914. The van der Waals surface area contributed by atoms with Gasteiger partial charge < -0.3 is 9.73 Å². The quantitative estimate of drug-likeness (QED) is 0.752. The lowest BCUT2D eigenvalue weighted by atomic mass is 9.97. The van der Waals surface area contributed by atoms with Crippen LogP contribution in [0.2, 0.25) is 0 Å². The Bertz CT molecular complexity index is 666. The van der Waals surface area contributed by atoms with E-state index in [0.717, 1.165) is 12.1 Å². The van der Waals surface area contributed by atoms with Gasteiger partial charge >= 0.3 is 6.01 Å². The molecule has 0 fully saturated rings. The van der Waals surface area contributed by atoms with E-state index in [1.807, 2.05) is 23.6 Å². The maximum atomic E-state index is 5.73. The zero-order valence-corrected chi connectivity index (χ0v) is 12.5. The lowest BCUT2D eigenvalue weighted by molar-refractivity contribution is 0.473. The Morgan fingerprint density at radius 1 is 1.24 bits per heavy atom. The van der Waals surface area contributed by atoms with Crippen LogP contribution in [0.25, 0.3) is 0 Å². The van der Waals surface area contributed by atoms with Gasteiger partial charge in [-0.3, -0.25) is 0 Å². The maximum absolute atomic E-state index is 5.73. The fourth-order valence-corrected chi connectivity index (χ4v) is 2.73. The van der Waals surface area contributed by atoms with Crippen molar-refractivity contribution >= 4 is 17.4 Å². The molecule has 0 amide bonds. The Labute approximate surface area is 127 Å². The molecule has 1 atom stereocenters. The summed E-state index contributed by atoms with van der Waals surface area (Å²) in [7, 11) is 0. The van der Waals surface area contributed by atoms with Gasteiger partial charge in [-0.05, 0) is 12.0 Å². The Morgan fingerprint density at radius 2 is 2.10 bits per heavy atom. The molecule has 0 bridgehead atoms. The van der Waals surface area contributed by atoms with Crippen molar-refractivity contribution in [1.82, 2.24) is 15.2 Å². The van der Waals surface area contributed by atoms with Crippen LogP contribution in [0.5, 0.6) is 0 Å². The molecule has 0 radical (unpaired) electrons. The van der Waals surface area contributed by atoms with Crippen molar-refractivity contribution in [3.8, 4) is 0 Å². The monoisotopic (exact) mass is 300 g/mol. The van der Waals surface area contributed by atoms with E-state index < -0.39 is 0 Å². The zero-order chi connectivity index (χ0) is 14.5. The summed E-state index contributed by atoms with van der Waals surface area (Å²) in [5.74, 6) is 0.776. The largest absolute Gasteiger partial charge is 0.407 e. The molecule has 1 aromatic carbocycles. The van der Waals surface area contributed by atoms with E-state index >= 15 is 0 Å². The van der Waals surface area contributed by atoms with Crippen molar-refractivity contribution in [2.45, 2.75) is 25.8 Å². The molecule has 0 aliphatic heterocycles. The number of benzene rings is 1. The van der Waals surface area contributed by atoms with E-state index in [9.17, 15) is 0 Å². The molecule has 5 nitrogen and oxygen atoms in total. The number of thiazole rings is 1. The molecule has 6 heteroatoms. The maximum Gasteiger partial charge on any atom is 0.315 e. The summed E-state index contributed by atoms with van der Waals surface area (Å²) in [5, 5.41) is 13.3. The van der Waals surface area contributed by atoms with E-state index in [1.54, 1.807) is 16.8 Å². The molecule has 2 aromatic heterocycles. The molecule has 21 heavy (non-hydrogen) atoms. The van der Waals surface area contributed by atoms with E-state index in [-0.39, 0.29) is 5.92 Å². The van der Waals surface area contributed by atoms with Gasteiger partial charge in [0.15, 0.2) is 0 Å². The Morgan fingerprint density at radius 3 is 2.81 bits per heavy atom. The molecule has 0 saturated carbocycles. The number of hydrogen-bond donors (Lipinski definition) is 1. The van der Waals surface area contributed by atoms with Crippen molar-refractivity contribution < 1.29 is 4.42 Å². The first-order chi connectivity index (χ1) is 10.4. The van der Waals surface area contributed by atoms with Gasteiger partial charge in [0.2, 0.25) is 5.89 Å². The second kappa shape index (κ2) is 6.49. The molecule has 0 aliphatic rings. The minimum Gasteiger partial charge on any atom is -0.407 e. The molecular weight excluding hydrogens is 284 g/mol. The predicted molar refractivity (Wildman–Crippen MR) is 82.3 cm³/mol. The molecule has 0 aliphatic carbocycles. The van der Waals surface area contributed by atoms with Gasteiger partial charge in [-0.1, -0.05) is 42.4 Å². The second-order valence-corrected chi connectivity index (χ2v) is 5.37. The van der Waals surface area contributed by atoms with Crippen molar-refractivity contribution in [2.24, 2.45) is 0 Å². The van der Waals surface area contributed by atoms with Crippen LogP contribution in [0.15, 0.2) is 45.6 Å². The minimum absolute atomic E-state index is 0.133. The highest BCUT2D eigenvalue weighted by Gasteiger charge is 2.18. The van der Waals surface area contributed by atoms with Crippen LogP contribution >= 0.6 is 11.3 Å².